The molecule has 4 nitrogen and oxygen atoms in total. The molecule has 0 atom stereocenters. The van der Waals surface area contributed by atoms with Gasteiger partial charge in [-0.3, -0.25) is 4.72 Å². The van der Waals surface area contributed by atoms with Gasteiger partial charge in [0.1, 0.15) is 4.90 Å². The fraction of sp³-hybridized carbons (Fsp3) is 0.0769. The summed E-state index contributed by atoms with van der Waals surface area (Å²) in [5, 5.41) is 9.04. The molecule has 0 saturated carbocycles. The SMILES string of the molecule is O=S(=O)(Nc1cccc(CO)c1)c1ccccc1Br. The first kappa shape index (κ1) is 14.0. The zero-order chi connectivity index (χ0) is 13.9. The monoisotopic (exact) mass is 341 g/mol. The maximum atomic E-state index is 12.2. The Hall–Kier alpha value is -1.37. The van der Waals surface area contributed by atoms with Crippen LogP contribution < -0.4 is 4.72 Å². The van der Waals surface area contributed by atoms with Crippen molar-refractivity contribution < 1.29 is 13.5 Å². The van der Waals surface area contributed by atoms with Crippen LogP contribution in [-0.4, -0.2) is 13.5 Å². The first-order valence-electron chi connectivity index (χ1n) is 5.50. The van der Waals surface area contributed by atoms with E-state index < -0.39 is 10.0 Å². The third-order valence-electron chi connectivity index (χ3n) is 2.49. The van der Waals surface area contributed by atoms with Crippen molar-refractivity contribution in [3.8, 4) is 0 Å². The molecule has 0 saturated heterocycles. The number of hydrogen-bond donors (Lipinski definition) is 2. The van der Waals surface area contributed by atoms with E-state index >= 15 is 0 Å². The first-order valence-corrected chi connectivity index (χ1v) is 7.78. The average Bonchev–Trinajstić information content (AvgIpc) is 2.38. The van der Waals surface area contributed by atoms with Gasteiger partial charge in [0.15, 0.2) is 0 Å². The summed E-state index contributed by atoms with van der Waals surface area (Å²) in [6, 6.07) is 13.2. The minimum absolute atomic E-state index is 0.134. The summed E-state index contributed by atoms with van der Waals surface area (Å²) in [5.74, 6) is 0. The largest absolute Gasteiger partial charge is 0.392 e. The van der Waals surface area contributed by atoms with Crippen LogP contribution in [-0.2, 0) is 16.6 Å². The van der Waals surface area contributed by atoms with Gasteiger partial charge in [0.05, 0.1) is 6.61 Å². The van der Waals surface area contributed by atoms with Gasteiger partial charge >= 0.3 is 0 Å². The molecule has 100 valence electrons. The number of rotatable bonds is 4. The van der Waals surface area contributed by atoms with E-state index in [9.17, 15) is 8.42 Å². The molecule has 0 bridgehead atoms. The van der Waals surface area contributed by atoms with E-state index in [0.717, 1.165) is 0 Å². The van der Waals surface area contributed by atoms with Crippen LogP contribution in [0.15, 0.2) is 57.9 Å². The molecule has 0 amide bonds. The van der Waals surface area contributed by atoms with Crippen molar-refractivity contribution in [3.05, 3.63) is 58.6 Å². The molecule has 0 spiro atoms. The highest BCUT2D eigenvalue weighted by atomic mass is 79.9. The Morgan fingerprint density at radius 1 is 1.11 bits per heavy atom. The number of aliphatic hydroxyl groups is 1. The van der Waals surface area contributed by atoms with E-state index in [1.165, 1.54) is 6.07 Å². The number of nitrogens with one attached hydrogen (secondary N) is 1. The molecule has 0 aliphatic carbocycles. The summed E-state index contributed by atoms with van der Waals surface area (Å²) in [7, 11) is -3.65. The zero-order valence-electron chi connectivity index (χ0n) is 9.88. The Morgan fingerprint density at radius 2 is 1.84 bits per heavy atom. The fourth-order valence-electron chi connectivity index (χ4n) is 1.61. The predicted octanol–water partition coefficient (Wildman–Crippen LogP) is 2.74. The van der Waals surface area contributed by atoms with Crippen molar-refractivity contribution in [1.82, 2.24) is 0 Å². The summed E-state index contributed by atoms with van der Waals surface area (Å²) in [5.41, 5.74) is 1.06. The lowest BCUT2D eigenvalue weighted by Gasteiger charge is -2.10. The number of hydrogen-bond acceptors (Lipinski definition) is 3. The van der Waals surface area contributed by atoms with Crippen LogP contribution in [0, 0.1) is 0 Å². The van der Waals surface area contributed by atoms with Crippen LogP contribution in [0.4, 0.5) is 5.69 Å². The highest BCUT2D eigenvalue weighted by molar-refractivity contribution is 9.10. The van der Waals surface area contributed by atoms with Gasteiger partial charge in [0.25, 0.3) is 10.0 Å². The lowest BCUT2D eigenvalue weighted by Crippen LogP contribution is -2.13. The Bertz CT molecular complexity index is 686. The molecule has 0 heterocycles. The molecule has 2 aromatic carbocycles. The van der Waals surface area contributed by atoms with Gasteiger partial charge < -0.3 is 5.11 Å². The lowest BCUT2D eigenvalue weighted by atomic mass is 10.2. The molecule has 2 N–H and O–H groups in total. The third kappa shape index (κ3) is 3.34. The average molecular weight is 342 g/mol. The van der Waals surface area contributed by atoms with E-state index in [1.54, 1.807) is 42.5 Å². The van der Waals surface area contributed by atoms with Crippen LogP contribution in [0.2, 0.25) is 0 Å². The van der Waals surface area contributed by atoms with Crippen LogP contribution in [0.3, 0.4) is 0 Å². The van der Waals surface area contributed by atoms with Gasteiger partial charge in [0.2, 0.25) is 0 Å². The molecule has 2 rings (SSSR count). The van der Waals surface area contributed by atoms with E-state index in [0.29, 0.717) is 15.7 Å². The van der Waals surface area contributed by atoms with E-state index in [-0.39, 0.29) is 11.5 Å². The summed E-state index contributed by atoms with van der Waals surface area (Å²) >= 11 is 3.21. The molecule has 0 unspecified atom stereocenters. The Labute approximate surface area is 120 Å². The molecule has 0 radical (unpaired) electrons. The molecule has 0 aromatic heterocycles. The highest BCUT2D eigenvalue weighted by Gasteiger charge is 2.17. The summed E-state index contributed by atoms with van der Waals surface area (Å²) in [6.07, 6.45) is 0. The quantitative estimate of drug-likeness (QED) is 0.898. The summed E-state index contributed by atoms with van der Waals surface area (Å²) in [4.78, 5) is 0.171. The maximum Gasteiger partial charge on any atom is 0.263 e. The van der Waals surface area contributed by atoms with Crippen LogP contribution in [0.1, 0.15) is 5.56 Å². The third-order valence-corrected chi connectivity index (χ3v) is 4.88. The van der Waals surface area contributed by atoms with Crippen molar-refractivity contribution in [2.45, 2.75) is 11.5 Å². The van der Waals surface area contributed by atoms with Crippen molar-refractivity contribution >= 4 is 31.6 Å². The van der Waals surface area contributed by atoms with Gasteiger partial charge in [-0.2, -0.15) is 0 Å². The van der Waals surface area contributed by atoms with Crippen LogP contribution in [0.25, 0.3) is 0 Å². The Morgan fingerprint density at radius 3 is 2.53 bits per heavy atom. The van der Waals surface area contributed by atoms with Gasteiger partial charge in [-0.15, -0.1) is 0 Å². The zero-order valence-corrected chi connectivity index (χ0v) is 12.3. The molecule has 0 aliphatic rings. The second kappa shape index (κ2) is 5.73. The topological polar surface area (TPSA) is 66.4 Å². The van der Waals surface area contributed by atoms with Gasteiger partial charge in [0, 0.05) is 10.2 Å². The molecule has 6 heteroatoms. The summed E-state index contributed by atoms with van der Waals surface area (Å²) < 4.78 is 27.4. The molecule has 2 aromatic rings. The second-order valence-corrected chi connectivity index (χ2v) is 6.40. The highest BCUT2D eigenvalue weighted by Crippen LogP contribution is 2.24. The van der Waals surface area contributed by atoms with E-state index in [4.69, 9.17) is 5.11 Å². The fourth-order valence-corrected chi connectivity index (χ4v) is 3.66. The minimum Gasteiger partial charge on any atom is -0.392 e. The molecule has 0 fully saturated rings. The number of halogens is 1. The number of anilines is 1. The Balaban J connectivity index is 2.34. The normalized spacial score (nSPS) is 11.3. The van der Waals surface area contributed by atoms with Gasteiger partial charge in [-0.1, -0.05) is 24.3 Å². The molecule has 0 aliphatic heterocycles. The van der Waals surface area contributed by atoms with Crippen molar-refractivity contribution in [2.75, 3.05) is 4.72 Å². The number of aliphatic hydroxyl groups excluding tert-OH is 1. The standard InChI is InChI=1S/C13H12BrNO3S/c14-12-6-1-2-7-13(12)19(17,18)15-11-5-3-4-10(8-11)9-16/h1-8,15-16H,9H2. The lowest BCUT2D eigenvalue weighted by molar-refractivity contribution is 0.282. The van der Waals surface area contributed by atoms with Crippen LogP contribution in [0.5, 0.6) is 0 Å². The Kier molecular flexibility index (Phi) is 4.24. The number of benzene rings is 2. The first-order chi connectivity index (χ1) is 9.03. The molecule has 19 heavy (non-hydrogen) atoms. The van der Waals surface area contributed by atoms with Crippen molar-refractivity contribution in [1.29, 1.82) is 0 Å². The van der Waals surface area contributed by atoms with Gasteiger partial charge in [-0.25, -0.2) is 8.42 Å². The van der Waals surface area contributed by atoms with Crippen molar-refractivity contribution in [3.63, 3.8) is 0 Å². The van der Waals surface area contributed by atoms with Crippen molar-refractivity contribution in [2.24, 2.45) is 0 Å². The smallest absolute Gasteiger partial charge is 0.263 e. The maximum absolute atomic E-state index is 12.2. The summed E-state index contributed by atoms with van der Waals surface area (Å²) in [6.45, 7) is -0.134. The molecular weight excluding hydrogens is 330 g/mol. The van der Waals surface area contributed by atoms with E-state index in [1.807, 2.05) is 0 Å². The number of sulfonamides is 1. The van der Waals surface area contributed by atoms with Gasteiger partial charge in [-0.05, 0) is 45.8 Å². The predicted molar refractivity (Wildman–Crippen MR) is 77.3 cm³/mol. The second-order valence-electron chi connectivity index (χ2n) is 3.89. The molecular formula is C13H12BrNO3S. The minimum atomic E-state index is -3.65. The van der Waals surface area contributed by atoms with Crippen LogP contribution >= 0.6 is 15.9 Å². The van der Waals surface area contributed by atoms with E-state index in [2.05, 4.69) is 20.7 Å².